The van der Waals surface area contributed by atoms with Gasteiger partial charge >= 0.3 is 5.97 Å². The number of fused-ring (bicyclic) bond motifs is 1. The molecule has 0 radical (unpaired) electrons. The van der Waals surface area contributed by atoms with Crippen LogP contribution in [-0.4, -0.2) is 93.6 Å². The number of nitrogens with zero attached hydrogens (tertiary/aromatic N) is 2. The van der Waals surface area contributed by atoms with Gasteiger partial charge in [-0.1, -0.05) is 30.3 Å². The third-order valence-corrected chi connectivity index (χ3v) is 11.2. The number of aliphatic hydroxyl groups excluding tert-OH is 1. The van der Waals surface area contributed by atoms with Crippen LogP contribution >= 0.6 is 0 Å². The summed E-state index contributed by atoms with van der Waals surface area (Å²) in [6, 6.07) is 15.8. The highest BCUT2D eigenvalue weighted by Crippen LogP contribution is 2.49. The molecule has 5 unspecified atom stereocenters. The van der Waals surface area contributed by atoms with Crippen LogP contribution in [0.25, 0.3) is 0 Å². The lowest BCUT2D eigenvalue weighted by atomic mass is 9.90. The number of rotatable bonds is 12. The smallest absolute Gasteiger partial charge is 0.306 e. The van der Waals surface area contributed by atoms with Crippen LogP contribution in [0.5, 0.6) is 0 Å². The van der Waals surface area contributed by atoms with Crippen molar-refractivity contribution in [3.63, 3.8) is 0 Å². The predicted molar refractivity (Wildman–Crippen MR) is 156 cm³/mol. The molecule has 11 heteroatoms. The first-order valence-corrected chi connectivity index (χ1v) is 16.3. The van der Waals surface area contributed by atoms with Gasteiger partial charge in [0.15, 0.2) is 6.29 Å². The molecule has 42 heavy (non-hydrogen) atoms. The van der Waals surface area contributed by atoms with E-state index in [4.69, 9.17) is 19.9 Å². The zero-order valence-corrected chi connectivity index (χ0v) is 24.8. The molecule has 0 aromatic heterocycles. The molecule has 3 aliphatic heterocycles. The Morgan fingerprint density at radius 3 is 2.52 bits per heavy atom. The Hall–Kier alpha value is -2.54. The minimum absolute atomic E-state index is 0.0241. The van der Waals surface area contributed by atoms with Crippen molar-refractivity contribution in [1.82, 2.24) is 9.21 Å². The number of anilines is 1. The van der Waals surface area contributed by atoms with Gasteiger partial charge in [-0.15, -0.1) is 0 Å². The molecule has 4 aliphatic rings. The van der Waals surface area contributed by atoms with E-state index in [1.807, 2.05) is 37.4 Å². The van der Waals surface area contributed by atoms with Crippen LogP contribution < -0.4 is 5.73 Å². The number of carbonyl (C=O) groups excluding carboxylic acids is 1. The monoisotopic (exact) mass is 599 g/mol. The average molecular weight is 600 g/mol. The zero-order chi connectivity index (χ0) is 29.4. The fourth-order valence-electron chi connectivity index (χ4n) is 7.17. The van der Waals surface area contributed by atoms with Crippen molar-refractivity contribution in [2.24, 2.45) is 29.6 Å². The van der Waals surface area contributed by atoms with E-state index in [9.17, 15) is 18.3 Å². The third-order valence-electron chi connectivity index (χ3n) is 9.38. The first kappa shape index (κ1) is 29.5. The van der Waals surface area contributed by atoms with Gasteiger partial charge in [-0.3, -0.25) is 4.79 Å². The third kappa shape index (κ3) is 6.22. The second kappa shape index (κ2) is 12.2. The molecule has 2 bridgehead atoms. The maximum absolute atomic E-state index is 13.8. The van der Waals surface area contributed by atoms with Crippen molar-refractivity contribution in [1.29, 1.82) is 0 Å². The molecule has 228 valence electrons. The highest BCUT2D eigenvalue weighted by molar-refractivity contribution is 7.89. The van der Waals surface area contributed by atoms with Gasteiger partial charge in [0.05, 0.1) is 30.6 Å². The van der Waals surface area contributed by atoms with E-state index in [0.717, 1.165) is 25.1 Å². The number of nitrogens with two attached hydrogens (primary N) is 1. The van der Waals surface area contributed by atoms with Crippen molar-refractivity contribution >= 4 is 21.7 Å². The van der Waals surface area contributed by atoms with E-state index in [2.05, 4.69) is 4.90 Å². The number of ether oxygens (including phenoxy) is 3. The molecule has 3 saturated heterocycles. The Morgan fingerprint density at radius 2 is 1.81 bits per heavy atom. The molecular formula is C31H41N3O7S. The molecular weight excluding hydrogens is 558 g/mol. The molecule has 4 fully saturated rings. The second-order valence-corrected chi connectivity index (χ2v) is 14.5. The quantitative estimate of drug-likeness (QED) is 0.278. The summed E-state index contributed by atoms with van der Waals surface area (Å²) in [4.78, 5) is 15.7. The fourth-order valence-corrected chi connectivity index (χ4v) is 8.71. The van der Waals surface area contributed by atoms with E-state index >= 15 is 0 Å². The average Bonchev–Trinajstić information content (AvgIpc) is 3.48. The Balaban J connectivity index is 1.19. The summed E-state index contributed by atoms with van der Waals surface area (Å²) in [5, 5.41) is 11.6. The molecule has 0 amide bonds. The molecule has 10 nitrogen and oxygen atoms in total. The van der Waals surface area contributed by atoms with Gasteiger partial charge in [-0.25, -0.2) is 8.42 Å². The van der Waals surface area contributed by atoms with Crippen LogP contribution in [0.2, 0.25) is 0 Å². The lowest BCUT2D eigenvalue weighted by Crippen LogP contribution is -2.52. The number of likely N-dealkylation sites (tertiary alicyclic amines) is 1. The topological polar surface area (TPSA) is 132 Å². The van der Waals surface area contributed by atoms with Crippen LogP contribution in [-0.2, 0) is 35.4 Å². The Bertz CT molecular complexity index is 1340. The molecule has 2 aromatic rings. The molecule has 3 N–H and O–H groups in total. The largest absolute Gasteiger partial charge is 0.462 e. The molecule has 0 spiro atoms. The van der Waals surface area contributed by atoms with Gasteiger partial charge in [0.1, 0.15) is 6.10 Å². The van der Waals surface area contributed by atoms with Crippen molar-refractivity contribution < 1.29 is 32.5 Å². The first-order chi connectivity index (χ1) is 20.2. The normalized spacial score (nSPS) is 28.9. The highest BCUT2D eigenvalue weighted by atomic mass is 32.2. The lowest BCUT2D eigenvalue weighted by Gasteiger charge is -2.39. The van der Waals surface area contributed by atoms with Gasteiger partial charge in [0.2, 0.25) is 10.0 Å². The Labute approximate surface area is 247 Å². The van der Waals surface area contributed by atoms with Crippen LogP contribution in [0, 0.1) is 29.6 Å². The van der Waals surface area contributed by atoms with E-state index < -0.39 is 22.0 Å². The fraction of sp³-hybridized carbons (Fsp3) is 0.581. The van der Waals surface area contributed by atoms with Gasteiger partial charge in [0, 0.05) is 55.5 Å². The molecule has 6 rings (SSSR count). The van der Waals surface area contributed by atoms with Gasteiger partial charge in [-0.2, -0.15) is 4.31 Å². The molecule has 1 aliphatic carbocycles. The minimum atomic E-state index is -3.92. The van der Waals surface area contributed by atoms with Crippen LogP contribution in [0.1, 0.15) is 18.4 Å². The molecule has 7 atom stereocenters. The Kier molecular flexibility index (Phi) is 8.59. The van der Waals surface area contributed by atoms with Crippen LogP contribution in [0.3, 0.4) is 0 Å². The highest BCUT2D eigenvalue weighted by Gasteiger charge is 2.56. The Morgan fingerprint density at radius 1 is 1.10 bits per heavy atom. The first-order valence-electron chi connectivity index (χ1n) is 14.9. The number of hydrogen-bond donors (Lipinski definition) is 2. The summed E-state index contributed by atoms with van der Waals surface area (Å²) in [6.07, 6.45) is -0.242. The van der Waals surface area contributed by atoms with Gasteiger partial charge in [-0.05, 0) is 55.6 Å². The summed E-state index contributed by atoms with van der Waals surface area (Å²) in [7, 11) is -1.92. The zero-order valence-electron chi connectivity index (χ0n) is 24.0. The molecule has 2 aromatic carbocycles. The summed E-state index contributed by atoms with van der Waals surface area (Å²) in [5.41, 5.74) is 7.24. The number of sulfonamides is 1. The maximum atomic E-state index is 13.8. The second-order valence-electron chi connectivity index (χ2n) is 12.5. The van der Waals surface area contributed by atoms with Crippen LogP contribution in [0.4, 0.5) is 5.69 Å². The number of benzene rings is 2. The van der Waals surface area contributed by atoms with E-state index in [-0.39, 0.29) is 66.4 Å². The predicted octanol–water partition coefficient (Wildman–Crippen LogP) is 1.98. The van der Waals surface area contributed by atoms with Crippen molar-refractivity contribution in [2.45, 2.75) is 42.7 Å². The van der Waals surface area contributed by atoms with Crippen molar-refractivity contribution in [3.05, 3.63) is 60.2 Å². The van der Waals surface area contributed by atoms with Gasteiger partial charge in [0.25, 0.3) is 0 Å². The van der Waals surface area contributed by atoms with Crippen molar-refractivity contribution in [3.8, 4) is 0 Å². The number of nitrogen functional groups attached to an aromatic ring is 1. The van der Waals surface area contributed by atoms with E-state index in [1.54, 1.807) is 12.1 Å². The minimum Gasteiger partial charge on any atom is -0.462 e. The standard InChI is InChI=1S/C31H41N3O7S/c1-33-14-21(15-33)16-34(42(37,38)25-9-7-24(32)8-10-25)17-28(35)22(11-20-5-3-2-4-6-20)13-29(36)41-30-23-12-26-27(30)19-40-31(26)39-18-23/h2-10,21-23,26-28,30-31,35H,11-19,32H2,1H3/t22-,23?,26?,27?,28-,30?,31?/m1/s1. The summed E-state index contributed by atoms with van der Waals surface area (Å²) in [5.74, 6) is -0.232. The van der Waals surface area contributed by atoms with Crippen molar-refractivity contribution in [2.75, 3.05) is 52.2 Å². The number of aliphatic hydroxyl groups is 1. The number of carbonyl (C=O) groups is 1. The van der Waals surface area contributed by atoms with E-state index in [0.29, 0.717) is 25.3 Å². The molecule has 3 heterocycles. The summed E-state index contributed by atoms with van der Waals surface area (Å²) >= 11 is 0. The summed E-state index contributed by atoms with van der Waals surface area (Å²) < 4.78 is 46.6. The lowest BCUT2D eigenvalue weighted by molar-refractivity contribution is -0.178. The summed E-state index contributed by atoms with van der Waals surface area (Å²) in [6.45, 7) is 2.75. The number of esters is 1. The molecule has 1 saturated carbocycles. The van der Waals surface area contributed by atoms with Gasteiger partial charge < -0.3 is 30.0 Å². The van der Waals surface area contributed by atoms with E-state index in [1.165, 1.54) is 16.4 Å². The number of hydrogen-bond acceptors (Lipinski definition) is 9. The SMILES string of the molecule is CN1CC(CN(C[C@@H](O)[C@@H](CC(=O)OC2C3COC4OCC2C4C3)Cc2ccccc2)S(=O)(=O)c2ccc(N)cc2)C1. The maximum Gasteiger partial charge on any atom is 0.306 e. The van der Waals surface area contributed by atoms with Crippen LogP contribution in [0.15, 0.2) is 59.5 Å².